The molecule has 0 aliphatic heterocycles. The maximum atomic E-state index is 6.33. The van der Waals surface area contributed by atoms with Crippen molar-refractivity contribution in [1.29, 1.82) is 0 Å². The van der Waals surface area contributed by atoms with Crippen LogP contribution in [-0.4, -0.2) is 8.97 Å². The fraction of sp³-hybridized carbons (Fsp3) is 0. The Morgan fingerprint density at radius 3 is 1.89 bits per heavy atom. The van der Waals surface area contributed by atoms with Gasteiger partial charge in [0.1, 0.15) is 11.2 Å². The Morgan fingerprint density at radius 1 is 0.356 bits per heavy atom. The molecule has 0 radical (unpaired) electrons. The first-order valence-electron chi connectivity index (χ1n) is 15.5. The molecule has 0 N–H and O–H groups in total. The highest BCUT2D eigenvalue weighted by molar-refractivity contribution is 6.33. The van der Waals surface area contributed by atoms with Gasteiger partial charge in [0.15, 0.2) is 0 Å². The van der Waals surface area contributed by atoms with Crippen LogP contribution in [0.25, 0.3) is 98.7 Å². The highest BCUT2D eigenvalue weighted by Gasteiger charge is 2.24. The van der Waals surface area contributed by atoms with Crippen molar-refractivity contribution in [1.82, 2.24) is 8.97 Å². The summed E-state index contributed by atoms with van der Waals surface area (Å²) >= 11 is 0. The van der Waals surface area contributed by atoms with Gasteiger partial charge < -0.3 is 13.4 Å². The zero-order valence-corrected chi connectivity index (χ0v) is 24.2. The van der Waals surface area contributed by atoms with Crippen LogP contribution in [-0.2, 0) is 0 Å². The molecule has 0 aliphatic rings. The SMILES string of the molecule is c1ccc(-n2c3ccccc3c3c4c5cccc6c7cccc(-c8cccc9oc%10ccccc%10c89)c7n(c4ccc32)c65)cc1. The maximum absolute atomic E-state index is 6.33. The van der Waals surface area contributed by atoms with Crippen LogP contribution in [0.2, 0.25) is 0 Å². The molecule has 4 aromatic heterocycles. The van der Waals surface area contributed by atoms with Crippen molar-refractivity contribution < 1.29 is 4.42 Å². The van der Waals surface area contributed by atoms with Gasteiger partial charge in [0, 0.05) is 54.3 Å². The zero-order valence-electron chi connectivity index (χ0n) is 24.2. The summed E-state index contributed by atoms with van der Waals surface area (Å²) in [7, 11) is 0. The molecule has 0 fully saturated rings. The third-order valence-corrected chi connectivity index (χ3v) is 9.84. The number of fused-ring (bicyclic) bond motifs is 13. The molecule has 11 aromatic rings. The summed E-state index contributed by atoms with van der Waals surface area (Å²) in [5.74, 6) is 0. The van der Waals surface area contributed by atoms with Gasteiger partial charge in [-0.3, -0.25) is 0 Å². The molecule has 0 saturated heterocycles. The van der Waals surface area contributed by atoms with E-state index in [0.717, 1.165) is 16.6 Å². The van der Waals surface area contributed by atoms with Crippen LogP contribution in [0.4, 0.5) is 0 Å². The normalized spacial score (nSPS) is 12.4. The predicted octanol–water partition coefficient (Wildman–Crippen LogP) is 11.5. The Kier molecular flexibility index (Phi) is 4.32. The van der Waals surface area contributed by atoms with E-state index in [0.29, 0.717) is 0 Å². The lowest BCUT2D eigenvalue weighted by Crippen LogP contribution is -1.93. The zero-order chi connectivity index (χ0) is 29.2. The summed E-state index contributed by atoms with van der Waals surface area (Å²) in [6.07, 6.45) is 0. The second-order valence-corrected chi connectivity index (χ2v) is 12.1. The third kappa shape index (κ3) is 2.86. The summed E-state index contributed by atoms with van der Waals surface area (Å²) in [5, 5.41) is 10.0. The molecule has 4 heterocycles. The van der Waals surface area contributed by atoms with Crippen LogP contribution < -0.4 is 0 Å². The summed E-state index contributed by atoms with van der Waals surface area (Å²) in [4.78, 5) is 0. The molecule has 7 aromatic carbocycles. The van der Waals surface area contributed by atoms with Gasteiger partial charge in [-0.2, -0.15) is 0 Å². The number of aromatic nitrogens is 2. The number of benzene rings is 7. The smallest absolute Gasteiger partial charge is 0.136 e. The Labute approximate surface area is 257 Å². The summed E-state index contributed by atoms with van der Waals surface area (Å²) in [5.41, 5.74) is 11.6. The predicted molar refractivity (Wildman–Crippen MR) is 188 cm³/mol. The summed E-state index contributed by atoms with van der Waals surface area (Å²) in [6, 6.07) is 52.6. The first kappa shape index (κ1) is 23.4. The van der Waals surface area contributed by atoms with Crippen molar-refractivity contribution in [2.75, 3.05) is 0 Å². The molecule has 0 aliphatic carbocycles. The summed E-state index contributed by atoms with van der Waals surface area (Å²) < 4.78 is 11.3. The molecule has 0 amide bonds. The van der Waals surface area contributed by atoms with E-state index < -0.39 is 0 Å². The van der Waals surface area contributed by atoms with E-state index in [1.807, 2.05) is 6.07 Å². The minimum Gasteiger partial charge on any atom is -0.456 e. The molecule has 0 spiro atoms. The van der Waals surface area contributed by atoms with Gasteiger partial charge in [-0.1, -0.05) is 103 Å². The van der Waals surface area contributed by atoms with Crippen molar-refractivity contribution in [3.05, 3.63) is 146 Å². The van der Waals surface area contributed by atoms with E-state index >= 15 is 0 Å². The average molecular weight is 573 g/mol. The maximum Gasteiger partial charge on any atom is 0.136 e. The molecule has 0 saturated carbocycles. The van der Waals surface area contributed by atoms with Gasteiger partial charge in [-0.25, -0.2) is 0 Å². The molecule has 11 rings (SSSR count). The fourth-order valence-electron chi connectivity index (χ4n) is 8.14. The van der Waals surface area contributed by atoms with E-state index in [1.165, 1.54) is 82.1 Å². The van der Waals surface area contributed by atoms with E-state index in [1.54, 1.807) is 0 Å². The standard InChI is InChI=1S/C42H24N2O/c1-2-11-25(12-3-1)43-33-20-6-4-13-30(33)39-34(43)23-24-35-40(39)32-19-9-18-29-28-17-8-16-27(41(28)44(35)42(29)32)26-15-10-22-37-38(26)31-14-5-7-21-36(31)45-37/h1-24H. The number of hydrogen-bond acceptors (Lipinski definition) is 1. The quantitative estimate of drug-likeness (QED) is 0.202. The second-order valence-electron chi connectivity index (χ2n) is 12.1. The van der Waals surface area contributed by atoms with Gasteiger partial charge >= 0.3 is 0 Å². The highest BCUT2D eigenvalue weighted by Crippen LogP contribution is 2.47. The molecule has 0 unspecified atom stereocenters. The Morgan fingerprint density at radius 2 is 0.978 bits per heavy atom. The van der Waals surface area contributed by atoms with Crippen molar-refractivity contribution in [3.63, 3.8) is 0 Å². The fourth-order valence-corrected chi connectivity index (χ4v) is 8.14. The Bertz CT molecular complexity index is 2970. The lowest BCUT2D eigenvalue weighted by atomic mass is 9.96. The first-order chi connectivity index (χ1) is 22.4. The van der Waals surface area contributed by atoms with Gasteiger partial charge in [0.2, 0.25) is 0 Å². The van der Waals surface area contributed by atoms with Crippen LogP contribution in [0, 0.1) is 0 Å². The van der Waals surface area contributed by atoms with Crippen LogP contribution in [0.3, 0.4) is 0 Å². The molecule has 208 valence electrons. The lowest BCUT2D eigenvalue weighted by Gasteiger charge is -2.09. The van der Waals surface area contributed by atoms with Crippen molar-refractivity contribution >= 4 is 81.8 Å². The minimum atomic E-state index is 0.916. The third-order valence-electron chi connectivity index (χ3n) is 9.84. The van der Waals surface area contributed by atoms with Crippen LogP contribution >= 0.6 is 0 Å². The van der Waals surface area contributed by atoms with Crippen LogP contribution in [0.15, 0.2) is 150 Å². The number of furan rings is 1. The topological polar surface area (TPSA) is 22.5 Å². The minimum absolute atomic E-state index is 0.916. The number of rotatable bonds is 2. The molecule has 45 heavy (non-hydrogen) atoms. The van der Waals surface area contributed by atoms with E-state index in [-0.39, 0.29) is 0 Å². The van der Waals surface area contributed by atoms with Gasteiger partial charge in [-0.05, 0) is 48.0 Å². The van der Waals surface area contributed by atoms with Gasteiger partial charge in [0.25, 0.3) is 0 Å². The van der Waals surface area contributed by atoms with E-state index in [4.69, 9.17) is 4.42 Å². The van der Waals surface area contributed by atoms with Gasteiger partial charge in [0.05, 0.1) is 27.6 Å². The van der Waals surface area contributed by atoms with Crippen LogP contribution in [0.5, 0.6) is 0 Å². The van der Waals surface area contributed by atoms with Crippen molar-refractivity contribution in [2.45, 2.75) is 0 Å². The van der Waals surface area contributed by atoms with E-state index in [2.05, 4.69) is 148 Å². The number of nitrogens with zero attached hydrogens (tertiary/aromatic N) is 2. The lowest BCUT2D eigenvalue weighted by molar-refractivity contribution is 0.669. The monoisotopic (exact) mass is 572 g/mol. The van der Waals surface area contributed by atoms with Crippen molar-refractivity contribution in [2.24, 2.45) is 0 Å². The second kappa shape index (κ2) is 8.31. The highest BCUT2D eigenvalue weighted by atomic mass is 16.3. The van der Waals surface area contributed by atoms with Crippen molar-refractivity contribution in [3.8, 4) is 16.8 Å². The molecular formula is C42H24N2O. The van der Waals surface area contributed by atoms with Gasteiger partial charge in [-0.15, -0.1) is 0 Å². The van der Waals surface area contributed by atoms with Crippen LogP contribution in [0.1, 0.15) is 0 Å². The average Bonchev–Trinajstić information content (AvgIpc) is 3.83. The molecule has 0 bridgehead atoms. The number of hydrogen-bond donors (Lipinski definition) is 0. The Hall–Kier alpha value is -6.06. The number of para-hydroxylation sites is 5. The summed E-state index contributed by atoms with van der Waals surface area (Å²) in [6.45, 7) is 0. The molecule has 0 atom stereocenters. The molecule has 3 heteroatoms. The largest absolute Gasteiger partial charge is 0.456 e. The molecular weight excluding hydrogens is 548 g/mol. The first-order valence-corrected chi connectivity index (χ1v) is 15.5. The Balaban J connectivity index is 1.35. The molecule has 3 nitrogen and oxygen atoms in total. The van der Waals surface area contributed by atoms with E-state index in [9.17, 15) is 0 Å².